The number of nitrogens with one attached hydrogen (secondary N) is 2. The number of carbonyl (C=O) groups is 3. The normalized spacial score (nSPS) is 30.0. The van der Waals surface area contributed by atoms with Gasteiger partial charge in [-0.1, -0.05) is 60.5 Å². The van der Waals surface area contributed by atoms with Gasteiger partial charge in [0.05, 0.1) is 24.5 Å². The summed E-state index contributed by atoms with van der Waals surface area (Å²) in [6, 6.07) is 10.3. The second-order valence-corrected chi connectivity index (χ2v) is 9.98. The van der Waals surface area contributed by atoms with Gasteiger partial charge in [-0.05, 0) is 25.3 Å². The maximum Gasteiger partial charge on any atom is 0.247 e. The minimum Gasteiger partial charge on any atom is -0.360 e. The smallest absolute Gasteiger partial charge is 0.247 e. The third-order valence-electron chi connectivity index (χ3n) is 7.69. The zero-order valence-electron chi connectivity index (χ0n) is 19.5. The molecule has 1 spiro atoms. The molecule has 1 aromatic heterocycles. The van der Waals surface area contributed by atoms with Gasteiger partial charge < -0.3 is 24.8 Å². The van der Waals surface area contributed by atoms with Crippen molar-refractivity contribution in [2.24, 2.45) is 11.8 Å². The summed E-state index contributed by atoms with van der Waals surface area (Å²) in [6.45, 7) is 1.95. The molecule has 3 fully saturated rings. The molecule has 5 atom stereocenters. The number of amides is 3. The van der Waals surface area contributed by atoms with Crippen LogP contribution >= 0.6 is 0 Å². The first kappa shape index (κ1) is 22.0. The van der Waals surface area contributed by atoms with Gasteiger partial charge >= 0.3 is 0 Å². The van der Waals surface area contributed by atoms with Crippen LogP contribution in [0.3, 0.4) is 0 Å². The van der Waals surface area contributed by atoms with Gasteiger partial charge in [0.2, 0.25) is 17.7 Å². The van der Waals surface area contributed by atoms with Crippen LogP contribution in [0.25, 0.3) is 0 Å². The minimum absolute atomic E-state index is 0.125. The number of hydrogen-bond donors (Lipinski definition) is 2. The second-order valence-electron chi connectivity index (χ2n) is 9.98. The molecule has 9 nitrogen and oxygen atoms in total. The lowest BCUT2D eigenvalue weighted by Gasteiger charge is -2.30. The topological polar surface area (TPSA) is 114 Å². The van der Waals surface area contributed by atoms with Gasteiger partial charge in [0.15, 0.2) is 5.82 Å². The highest BCUT2D eigenvalue weighted by atomic mass is 16.5. The Morgan fingerprint density at radius 3 is 2.69 bits per heavy atom. The molecule has 0 unspecified atom stereocenters. The summed E-state index contributed by atoms with van der Waals surface area (Å²) in [7, 11) is 0. The van der Waals surface area contributed by atoms with Crippen LogP contribution in [-0.2, 0) is 19.1 Å². The number of ether oxygens (including phenoxy) is 1. The summed E-state index contributed by atoms with van der Waals surface area (Å²) in [6.07, 6.45) is 7.33. The Labute approximate surface area is 202 Å². The van der Waals surface area contributed by atoms with E-state index in [1.165, 1.54) is 0 Å². The van der Waals surface area contributed by atoms with Crippen LogP contribution < -0.4 is 10.6 Å². The monoisotopic (exact) mass is 476 g/mol. The SMILES string of the molecule is Cc1cc(NC(=O)[C@@H]2[C@H]3C=C[C@@]4(CN([C@@H](C(=O)NC5CCCC5)c5ccccc5)C(=O)[C@@H]24)O3)no1. The van der Waals surface area contributed by atoms with Crippen molar-refractivity contribution in [2.75, 3.05) is 11.9 Å². The lowest BCUT2D eigenvalue weighted by atomic mass is 9.77. The third kappa shape index (κ3) is 3.65. The van der Waals surface area contributed by atoms with Crippen molar-refractivity contribution in [2.45, 2.75) is 56.4 Å². The largest absolute Gasteiger partial charge is 0.360 e. The van der Waals surface area contributed by atoms with Crippen LogP contribution in [0.15, 0.2) is 53.1 Å². The fourth-order valence-electron chi connectivity index (χ4n) is 6.14. The van der Waals surface area contributed by atoms with E-state index in [2.05, 4.69) is 15.8 Å². The number of carbonyl (C=O) groups excluding carboxylic acids is 3. The van der Waals surface area contributed by atoms with Gasteiger partial charge in [-0.15, -0.1) is 0 Å². The summed E-state index contributed by atoms with van der Waals surface area (Å²) in [4.78, 5) is 42.3. The fraction of sp³-hybridized carbons (Fsp3) is 0.462. The quantitative estimate of drug-likeness (QED) is 0.620. The van der Waals surface area contributed by atoms with Gasteiger partial charge in [0.1, 0.15) is 17.4 Å². The molecule has 4 aliphatic rings. The lowest BCUT2D eigenvalue weighted by Crippen LogP contribution is -2.46. The highest BCUT2D eigenvalue weighted by Crippen LogP contribution is 2.53. The van der Waals surface area contributed by atoms with E-state index in [1.807, 2.05) is 42.5 Å². The van der Waals surface area contributed by atoms with Crippen molar-refractivity contribution in [1.82, 2.24) is 15.4 Å². The van der Waals surface area contributed by atoms with Gasteiger partial charge in [-0.3, -0.25) is 14.4 Å². The molecule has 4 heterocycles. The van der Waals surface area contributed by atoms with Crippen molar-refractivity contribution in [1.29, 1.82) is 0 Å². The maximum absolute atomic E-state index is 13.9. The molecule has 6 rings (SSSR count). The van der Waals surface area contributed by atoms with Crippen LogP contribution in [0.5, 0.6) is 0 Å². The number of rotatable bonds is 6. The molecule has 182 valence electrons. The molecule has 1 saturated carbocycles. The molecular weight excluding hydrogens is 448 g/mol. The molecule has 0 radical (unpaired) electrons. The third-order valence-corrected chi connectivity index (χ3v) is 7.69. The number of hydrogen-bond acceptors (Lipinski definition) is 6. The Morgan fingerprint density at radius 2 is 1.97 bits per heavy atom. The number of anilines is 1. The molecule has 2 aromatic rings. The van der Waals surface area contributed by atoms with Crippen LogP contribution in [-0.4, -0.2) is 52.1 Å². The summed E-state index contributed by atoms with van der Waals surface area (Å²) in [5, 5.41) is 9.75. The predicted octanol–water partition coefficient (Wildman–Crippen LogP) is 2.50. The molecule has 9 heteroatoms. The highest BCUT2D eigenvalue weighted by molar-refractivity contribution is 6.00. The van der Waals surface area contributed by atoms with E-state index in [4.69, 9.17) is 9.26 Å². The average Bonchev–Trinajstić information content (AvgIpc) is 3.66. The molecule has 2 N–H and O–H groups in total. The van der Waals surface area contributed by atoms with E-state index in [9.17, 15) is 14.4 Å². The van der Waals surface area contributed by atoms with Gasteiger partial charge in [-0.2, -0.15) is 0 Å². The number of benzene rings is 1. The number of aryl methyl sites for hydroxylation is 1. The number of fused-ring (bicyclic) bond motifs is 1. The molecule has 3 aliphatic heterocycles. The summed E-state index contributed by atoms with van der Waals surface area (Å²) in [5.74, 6) is -1.34. The molecular formula is C26H28N4O5. The summed E-state index contributed by atoms with van der Waals surface area (Å²) in [5.41, 5.74) is -0.185. The molecule has 2 bridgehead atoms. The summed E-state index contributed by atoms with van der Waals surface area (Å²) < 4.78 is 11.3. The Hall–Kier alpha value is -3.46. The van der Waals surface area contributed by atoms with Gasteiger partial charge in [0.25, 0.3) is 0 Å². The van der Waals surface area contributed by atoms with E-state index < -0.39 is 29.6 Å². The van der Waals surface area contributed by atoms with E-state index in [0.717, 1.165) is 31.2 Å². The van der Waals surface area contributed by atoms with Crippen LogP contribution in [0.1, 0.15) is 43.0 Å². The highest BCUT2D eigenvalue weighted by Gasteiger charge is 2.68. The first-order valence-corrected chi connectivity index (χ1v) is 12.2. The van der Waals surface area contributed by atoms with Gasteiger partial charge in [-0.25, -0.2) is 0 Å². The minimum atomic E-state index is -0.926. The van der Waals surface area contributed by atoms with Crippen LogP contribution in [0, 0.1) is 18.8 Å². The number of likely N-dealkylation sites (tertiary alicyclic amines) is 1. The number of aromatic nitrogens is 1. The molecule has 2 saturated heterocycles. The summed E-state index contributed by atoms with van der Waals surface area (Å²) >= 11 is 0. The van der Waals surface area contributed by atoms with E-state index in [-0.39, 0.29) is 30.3 Å². The van der Waals surface area contributed by atoms with Crippen molar-refractivity contribution < 1.29 is 23.6 Å². The average molecular weight is 477 g/mol. The van der Waals surface area contributed by atoms with E-state index >= 15 is 0 Å². The Morgan fingerprint density at radius 1 is 1.20 bits per heavy atom. The first-order chi connectivity index (χ1) is 16.9. The van der Waals surface area contributed by atoms with Crippen molar-refractivity contribution in [3.8, 4) is 0 Å². The lowest BCUT2D eigenvalue weighted by molar-refractivity contribution is -0.142. The van der Waals surface area contributed by atoms with Crippen LogP contribution in [0.4, 0.5) is 5.82 Å². The van der Waals surface area contributed by atoms with E-state index in [0.29, 0.717) is 11.6 Å². The van der Waals surface area contributed by atoms with Crippen molar-refractivity contribution >= 4 is 23.5 Å². The Balaban J connectivity index is 1.29. The van der Waals surface area contributed by atoms with Crippen molar-refractivity contribution in [3.05, 3.63) is 59.9 Å². The Bertz CT molecular complexity index is 1190. The maximum atomic E-state index is 13.9. The first-order valence-electron chi connectivity index (χ1n) is 12.2. The van der Waals surface area contributed by atoms with E-state index in [1.54, 1.807) is 17.9 Å². The predicted molar refractivity (Wildman–Crippen MR) is 125 cm³/mol. The zero-order valence-corrected chi connectivity index (χ0v) is 19.5. The standard InChI is InChI=1S/C26H28N4O5/c1-15-13-19(29-35-15)28-23(31)20-18-11-12-26(34-18)14-30(25(33)21(20)26)22(16-7-3-2-4-8-16)24(32)27-17-9-5-6-10-17/h2-4,7-8,11-13,17-18,20-22H,5-6,9-10,14H2,1H3,(H,27,32)(H,28,29,31)/t18-,20-,21-,22-,26+/m1/s1. The van der Waals surface area contributed by atoms with Crippen LogP contribution in [0.2, 0.25) is 0 Å². The molecule has 3 amide bonds. The molecule has 35 heavy (non-hydrogen) atoms. The zero-order chi connectivity index (χ0) is 24.2. The Kier molecular flexibility index (Phi) is 5.25. The number of nitrogens with zero attached hydrogens (tertiary/aromatic N) is 2. The molecule has 1 aliphatic carbocycles. The fourth-order valence-corrected chi connectivity index (χ4v) is 6.14. The molecule has 1 aromatic carbocycles. The second kappa shape index (κ2) is 8.34. The van der Waals surface area contributed by atoms with Gasteiger partial charge in [0, 0.05) is 12.1 Å². The van der Waals surface area contributed by atoms with Crippen molar-refractivity contribution in [3.63, 3.8) is 0 Å².